The summed E-state index contributed by atoms with van der Waals surface area (Å²) in [5, 5.41) is 7.38. The lowest BCUT2D eigenvalue weighted by molar-refractivity contribution is -0.122. The Bertz CT molecular complexity index is 1470. The molecule has 1 aliphatic heterocycles. The van der Waals surface area contributed by atoms with Gasteiger partial charge in [-0.25, -0.2) is 23.3 Å². The Kier molecular flexibility index (Phi) is 6.02. The number of primary sulfonamides is 1. The zero-order chi connectivity index (χ0) is 24.8. The van der Waals surface area contributed by atoms with Crippen LogP contribution in [0.4, 0.5) is 10.5 Å². The van der Waals surface area contributed by atoms with E-state index < -0.39 is 27.9 Å². The number of aromatic nitrogens is 1. The first-order valence-corrected chi connectivity index (χ1v) is 12.3. The van der Waals surface area contributed by atoms with Crippen molar-refractivity contribution in [3.8, 4) is 5.69 Å². The van der Waals surface area contributed by atoms with E-state index in [2.05, 4.69) is 21.2 Å². The monoisotopic (exact) mass is 542 g/mol. The zero-order valence-electron chi connectivity index (χ0n) is 18.1. The van der Waals surface area contributed by atoms with Gasteiger partial charge in [-0.3, -0.25) is 14.9 Å². The molecular weight excluding hydrogens is 524 g/mol. The van der Waals surface area contributed by atoms with Crippen molar-refractivity contribution in [2.24, 2.45) is 5.14 Å². The van der Waals surface area contributed by atoms with E-state index in [4.69, 9.17) is 5.14 Å². The average Bonchev–Trinajstić information content (AvgIpc) is 3.04. The van der Waals surface area contributed by atoms with E-state index in [9.17, 15) is 22.8 Å². The predicted molar refractivity (Wildman–Crippen MR) is 130 cm³/mol. The van der Waals surface area contributed by atoms with Crippen LogP contribution in [0.25, 0.3) is 11.8 Å². The minimum Gasteiger partial charge on any atom is -0.318 e. The van der Waals surface area contributed by atoms with Gasteiger partial charge in [0.25, 0.3) is 11.8 Å². The number of sulfonamides is 1. The zero-order valence-corrected chi connectivity index (χ0v) is 20.5. The smallest absolute Gasteiger partial charge is 0.318 e. The molecule has 0 atom stereocenters. The summed E-state index contributed by atoms with van der Waals surface area (Å²) >= 11 is 3.31. The second-order valence-corrected chi connectivity index (χ2v) is 10.1. The number of barbiturate groups is 1. The van der Waals surface area contributed by atoms with Gasteiger partial charge in [0.1, 0.15) is 5.57 Å². The molecule has 0 radical (unpaired) electrons. The van der Waals surface area contributed by atoms with Gasteiger partial charge in [-0.05, 0) is 80.1 Å². The minimum absolute atomic E-state index is 0.0109. The number of aryl methyl sites for hydroxylation is 1. The molecule has 3 N–H and O–H groups in total. The van der Waals surface area contributed by atoms with Gasteiger partial charge in [0.15, 0.2) is 0 Å². The van der Waals surface area contributed by atoms with Crippen molar-refractivity contribution < 1.29 is 22.8 Å². The lowest BCUT2D eigenvalue weighted by Gasteiger charge is -2.26. The number of carbonyl (C=O) groups is 3. The molecule has 2 aromatic carbocycles. The minimum atomic E-state index is -3.82. The normalized spacial score (nSPS) is 15.7. The lowest BCUT2D eigenvalue weighted by Crippen LogP contribution is -2.54. The maximum Gasteiger partial charge on any atom is 0.335 e. The van der Waals surface area contributed by atoms with E-state index in [1.165, 1.54) is 18.2 Å². The van der Waals surface area contributed by atoms with Crippen LogP contribution in [0.3, 0.4) is 0 Å². The number of anilines is 1. The van der Waals surface area contributed by atoms with Crippen LogP contribution < -0.4 is 15.4 Å². The molecule has 0 saturated carbocycles. The van der Waals surface area contributed by atoms with Crippen molar-refractivity contribution in [3.63, 3.8) is 0 Å². The number of nitrogens with zero attached hydrogens (tertiary/aromatic N) is 2. The van der Waals surface area contributed by atoms with Crippen LogP contribution in [0.1, 0.15) is 17.0 Å². The summed E-state index contributed by atoms with van der Waals surface area (Å²) in [4.78, 5) is 38.9. The lowest BCUT2D eigenvalue weighted by atomic mass is 10.1. The highest BCUT2D eigenvalue weighted by atomic mass is 79.9. The maximum atomic E-state index is 13.1. The van der Waals surface area contributed by atoms with E-state index >= 15 is 0 Å². The average molecular weight is 543 g/mol. The second-order valence-electron chi connectivity index (χ2n) is 7.64. The predicted octanol–water partition coefficient (Wildman–Crippen LogP) is 3.17. The number of benzene rings is 2. The van der Waals surface area contributed by atoms with Crippen LogP contribution in [0, 0.1) is 13.8 Å². The van der Waals surface area contributed by atoms with Crippen molar-refractivity contribution in [1.82, 2.24) is 9.88 Å². The molecule has 0 aliphatic carbocycles. The highest BCUT2D eigenvalue weighted by Crippen LogP contribution is 2.27. The molecule has 0 spiro atoms. The molecule has 1 fully saturated rings. The Morgan fingerprint density at radius 1 is 0.941 bits per heavy atom. The topological polar surface area (TPSA) is 132 Å². The van der Waals surface area contributed by atoms with Gasteiger partial charge in [0.2, 0.25) is 10.0 Å². The third-order valence-corrected chi connectivity index (χ3v) is 6.84. The highest BCUT2D eigenvalue weighted by molar-refractivity contribution is 9.10. The number of hydrogen-bond donors (Lipinski definition) is 2. The summed E-state index contributed by atoms with van der Waals surface area (Å²) in [7, 11) is -3.82. The number of carbonyl (C=O) groups excluding carboxylic acids is 3. The molecule has 34 heavy (non-hydrogen) atoms. The van der Waals surface area contributed by atoms with Crippen molar-refractivity contribution in [2.45, 2.75) is 18.7 Å². The maximum absolute atomic E-state index is 13.1. The van der Waals surface area contributed by atoms with Gasteiger partial charge in [-0.1, -0.05) is 15.9 Å². The van der Waals surface area contributed by atoms with Gasteiger partial charge in [0.05, 0.1) is 10.6 Å². The highest BCUT2D eigenvalue weighted by Gasteiger charge is 2.37. The number of rotatable bonds is 4. The number of urea groups is 1. The summed E-state index contributed by atoms with van der Waals surface area (Å²) in [6, 6.07) is 13.5. The number of halogens is 1. The molecule has 11 heteroatoms. The van der Waals surface area contributed by atoms with Gasteiger partial charge >= 0.3 is 6.03 Å². The Hall–Kier alpha value is -3.54. The van der Waals surface area contributed by atoms with Crippen LogP contribution in [0.15, 0.2) is 69.5 Å². The summed E-state index contributed by atoms with van der Waals surface area (Å²) in [5.41, 5.74) is 2.91. The first-order valence-electron chi connectivity index (χ1n) is 9.96. The molecular formula is C23H19BrN4O5S. The van der Waals surface area contributed by atoms with Crippen LogP contribution in [0.5, 0.6) is 0 Å². The first-order chi connectivity index (χ1) is 16.0. The van der Waals surface area contributed by atoms with Crippen molar-refractivity contribution in [1.29, 1.82) is 0 Å². The van der Waals surface area contributed by atoms with Crippen molar-refractivity contribution in [2.75, 3.05) is 4.90 Å². The van der Waals surface area contributed by atoms with Gasteiger partial charge < -0.3 is 4.57 Å². The molecule has 4 amide bonds. The standard InChI is InChI=1S/C23H19BrN4O5S/c1-13-11-15(14(2)27(13)17-7-9-19(10-8-17)34(25,32)33)12-20-21(29)26-23(31)28(22(20)30)18-5-3-16(24)4-6-18/h3-12H,1-2H3,(H2,25,32,33)(H,26,29,31)/b20-12+. The van der Waals surface area contributed by atoms with Crippen LogP contribution in [0.2, 0.25) is 0 Å². The van der Waals surface area contributed by atoms with Crippen LogP contribution >= 0.6 is 15.9 Å². The molecule has 1 saturated heterocycles. The van der Waals surface area contributed by atoms with E-state index in [-0.39, 0.29) is 10.5 Å². The molecule has 9 nitrogen and oxygen atoms in total. The fraction of sp³-hybridized carbons (Fsp3) is 0.0870. The molecule has 4 rings (SSSR count). The molecule has 3 aromatic rings. The molecule has 1 aliphatic rings. The van der Waals surface area contributed by atoms with Crippen molar-refractivity contribution >= 4 is 55.6 Å². The van der Waals surface area contributed by atoms with Crippen LogP contribution in [-0.4, -0.2) is 30.8 Å². The number of nitrogens with two attached hydrogens (primary N) is 1. The Morgan fingerprint density at radius 3 is 2.12 bits per heavy atom. The van der Waals surface area contributed by atoms with E-state index in [0.717, 1.165) is 15.1 Å². The molecule has 2 heterocycles. The van der Waals surface area contributed by atoms with Crippen molar-refractivity contribution in [3.05, 3.63) is 81.6 Å². The quantitative estimate of drug-likeness (QED) is 0.386. The first kappa shape index (κ1) is 23.6. The van der Waals surface area contributed by atoms with E-state index in [0.29, 0.717) is 22.6 Å². The molecule has 174 valence electrons. The third kappa shape index (κ3) is 4.32. The third-order valence-electron chi connectivity index (χ3n) is 5.38. The molecule has 0 unspecified atom stereocenters. The number of imide groups is 2. The number of nitrogens with one attached hydrogen (secondary N) is 1. The van der Waals surface area contributed by atoms with Gasteiger partial charge in [0, 0.05) is 21.5 Å². The van der Waals surface area contributed by atoms with Crippen LogP contribution in [-0.2, 0) is 19.6 Å². The summed E-state index contributed by atoms with van der Waals surface area (Å²) < 4.78 is 25.7. The summed E-state index contributed by atoms with van der Waals surface area (Å²) in [6.07, 6.45) is 1.44. The summed E-state index contributed by atoms with van der Waals surface area (Å²) in [5.74, 6) is -1.52. The SMILES string of the molecule is Cc1cc(/C=C2\C(=O)NC(=O)N(c3ccc(Br)cc3)C2=O)c(C)n1-c1ccc(S(N)(=O)=O)cc1. The largest absolute Gasteiger partial charge is 0.335 e. The Balaban J connectivity index is 1.73. The fourth-order valence-corrected chi connectivity index (χ4v) is 4.53. The molecule has 0 bridgehead atoms. The van der Waals surface area contributed by atoms with Gasteiger partial charge in [-0.15, -0.1) is 0 Å². The van der Waals surface area contributed by atoms with Gasteiger partial charge in [-0.2, -0.15) is 0 Å². The second kappa shape index (κ2) is 8.67. The fourth-order valence-electron chi connectivity index (χ4n) is 3.75. The Morgan fingerprint density at radius 2 is 1.53 bits per heavy atom. The van der Waals surface area contributed by atoms with E-state index in [1.54, 1.807) is 49.4 Å². The van der Waals surface area contributed by atoms with E-state index in [1.807, 2.05) is 11.5 Å². The molecule has 1 aromatic heterocycles. The number of hydrogen-bond acceptors (Lipinski definition) is 5. The summed E-state index contributed by atoms with van der Waals surface area (Å²) in [6.45, 7) is 3.64. The number of amides is 4. The Labute approximate surface area is 204 Å².